The van der Waals surface area contributed by atoms with Crippen molar-refractivity contribution in [3.05, 3.63) is 36.0 Å². The van der Waals surface area contributed by atoms with Crippen LogP contribution < -0.4 is 5.32 Å². The number of hydrogen-bond donors (Lipinski definition) is 2. The fraction of sp³-hybridized carbons (Fsp3) is 0.375. The molecule has 0 aliphatic carbocycles. The van der Waals surface area contributed by atoms with Gasteiger partial charge in [-0.15, -0.1) is 0 Å². The van der Waals surface area contributed by atoms with Crippen molar-refractivity contribution in [1.82, 2.24) is 10.3 Å². The summed E-state index contributed by atoms with van der Waals surface area (Å²) in [5.74, 6) is 0.151. The second kappa shape index (κ2) is 6.89. The van der Waals surface area contributed by atoms with Crippen LogP contribution in [0, 0.1) is 0 Å². The van der Waals surface area contributed by atoms with E-state index < -0.39 is 0 Å². The van der Waals surface area contributed by atoms with E-state index in [1.807, 2.05) is 18.2 Å². The molecule has 0 atom stereocenters. The van der Waals surface area contributed by atoms with E-state index in [2.05, 4.69) is 22.4 Å². The van der Waals surface area contributed by atoms with Crippen molar-refractivity contribution in [2.45, 2.75) is 32.6 Å². The molecule has 0 spiro atoms. The fourth-order valence-corrected chi connectivity index (χ4v) is 2.19. The first-order valence-electron chi connectivity index (χ1n) is 6.98. The minimum atomic E-state index is 0.0161. The van der Waals surface area contributed by atoms with Crippen LogP contribution in [0.3, 0.4) is 0 Å². The summed E-state index contributed by atoms with van der Waals surface area (Å²) in [6, 6.07) is 10.2. The van der Waals surface area contributed by atoms with Crippen LogP contribution in [0.4, 0.5) is 0 Å². The minimum Gasteiger partial charge on any atom is -0.358 e. The van der Waals surface area contributed by atoms with Crippen molar-refractivity contribution in [1.29, 1.82) is 0 Å². The van der Waals surface area contributed by atoms with Gasteiger partial charge in [0.25, 0.3) is 0 Å². The van der Waals surface area contributed by atoms with Crippen LogP contribution in [-0.2, 0) is 16.0 Å². The SMILES string of the molecule is CC(=O)CCCC(=O)NCCc1cc2ccccc2[nH]1. The van der Waals surface area contributed by atoms with Gasteiger partial charge in [-0.3, -0.25) is 4.79 Å². The van der Waals surface area contributed by atoms with Crippen molar-refractivity contribution >= 4 is 22.6 Å². The average molecular weight is 272 g/mol. The average Bonchev–Trinajstić information content (AvgIpc) is 2.80. The molecule has 1 aromatic carbocycles. The summed E-state index contributed by atoms with van der Waals surface area (Å²) in [7, 11) is 0. The number of carbonyl (C=O) groups is 2. The molecule has 2 rings (SSSR count). The predicted molar refractivity (Wildman–Crippen MR) is 79.5 cm³/mol. The number of nitrogens with one attached hydrogen (secondary N) is 2. The Kier molecular flexibility index (Phi) is 4.93. The maximum atomic E-state index is 11.6. The molecule has 0 fully saturated rings. The molecule has 1 aromatic heterocycles. The summed E-state index contributed by atoms with van der Waals surface area (Å²) in [4.78, 5) is 25.7. The third-order valence-electron chi connectivity index (χ3n) is 3.23. The number of H-pyrrole nitrogens is 1. The Morgan fingerprint density at radius 3 is 2.75 bits per heavy atom. The third-order valence-corrected chi connectivity index (χ3v) is 3.23. The largest absolute Gasteiger partial charge is 0.358 e. The van der Waals surface area contributed by atoms with Gasteiger partial charge in [-0.2, -0.15) is 0 Å². The molecule has 0 saturated heterocycles. The van der Waals surface area contributed by atoms with E-state index in [9.17, 15) is 9.59 Å². The number of para-hydroxylation sites is 1. The zero-order valence-electron chi connectivity index (χ0n) is 11.7. The molecule has 106 valence electrons. The van der Waals surface area contributed by atoms with E-state index in [4.69, 9.17) is 0 Å². The van der Waals surface area contributed by atoms with E-state index in [1.165, 1.54) is 5.39 Å². The molecule has 1 amide bonds. The van der Waals surface area contributed by atoms with E-state index in [0.717, 1.165) is 17.6 Å². The second-order valence-corrected chi connectivity index (χ2v) is 5.04. The highest BCUT2D eigenvalue weighted by Gasteiger charge is 2.03. The summed E-state index contributed by atoms with van der Waals surface area (Å²) < 4.78 is 0. The lowest BCUT2D eigenvalue weighted by molar-refractivity contribution is -0.121. The highest BCUT2D eigenvalue weighted by Crippen LogP contribution is 2.14. The zero-order valence-corrected chi connectivity index (χ0v) is 11.7. The second-order valence-electron chi connectivity index (χ2n) is 5.04. The van der Waals surface area contributed by atoms with Crippen LogP contribution in [0.1, 0.15) is 31.9 Å². The van der Waals surface area contributed by atoms with Crippen molar-refractivity contribution < 1.29 is 9.59 Å². The topological polar surface area (TPSA) is 62.0 Å². The van der Waals surface area contributed by atoms with Crippen molar-refractivity contribution in [3.63, 3.8) is 0 Å². The minimum absolute atomic E-state index is 0.0161. The molecule has 0 saturated carbocycles. The first-order valence-corrected chi connectivity index (χ1v) is 6.98. The van der Waals surface area contributed by atoms with Gasteiger partial charge >= 0.3 is 0 Å². The number of Topliss-reactive ketones (excluding diaryl/α,β-unsaturated/α-hetero) is 1. The molecule has 0 unspecified atom stereocenters. The summed E-state index contributed by atoms with van der Waals surface area (Å²) >= 11 is 0. The van der Waals surface area contributed by atoms with E-state index in [0.29, 0.717) is 25.8 Å². The van der Waals surface area contributed by atoms with Gasteiger partial charge in [-0.05, 0) is 30.9 Å². The summed E-state index contributed by atoms with van der Waals surface area (Å²) in [6.45, 7) is 2.17. The van der Waals surface area contributed by atoms with Crippen LogP contribution in [-0.4, -0.2) is 23.2 Å². The Bertz CT molecular complexity index is 568. The van der Waals surface area contributed by atoms with Gasteiger partial charge in [0.15, 0.2) is 0 Å². The van der Waals surface area contributed by atoms with Crippen molar-refractivity contribution in [3.8, 4) is 0 Å². The van der Waals surface area contributed by atoms with Gasteiger partial charge in [0.05, 0.1) is 0 Å². The third kappa shape index (κ3) is 4.23. The van der Waals surface area contributed by atoms with Crippen LogP contribution in [0.25, 0.3) is 10.9 Å². The monoisotopic (exact) mass is 272 g/mol. The number of aromatic amines is 1. The standard InChI is InChI=1S/C16H20N2O2/c1-12(19)5-4-8-16(20)17-10-9-14-11-13-6-2-3-7-15(13)18-14/h2-3,6-7,11,18H,4-5,8-10H2,1H3,(H,17,20). The molecule has 0 aliphatic heterocycles. The highest BCUT2D eigenvalue weighted by atomic mass is 16.1. The molecule has 20 heavy (non-hydrogen) atoms. The molecule has 0 radical (unpaired) electrons. The molecule has 0 bridgehead atoms. The smallest absolute Gasteiger partial charge is 0.220 e. The van der Waals surface area contributed by atoms with Crippen LogP contribution in [0.15, 0.2) is 30.3 Å². The van der Waals surface area contributed by atoms with Gasteiger partial charge in [0, 0.05) is 37.0 Å². The number of aromatic nitrogens is 1. The maximum absolute atomic E-state index is 11.6. The van der Waals surface area contributed by atoms with Crippen molar-refractivity contribution in [2.75, 3.05) is 6.54 Å². The van der Waals surface area contributed by atoms with Crippen LogP contribution in [0.5, 0.6) is 0 Å². The number of benzene rings is 1. The molecule has 1 heterocycles. The maximum Gasteiger partial charge on any atom is 0.220 e. The Balaban J connectivity index is 1.72. The molecule has 2 aromatic rings. The lowest BCUT2D eigenvalue weighted by Gasteiger charge is -2.03. The van der Waals surface area contributed by atoms with E-state index in [1.54, 1.807) is 6.92 Å². The summed E-state index contributed by atoms with van der Waals surface area (Å²) in [6.07, 6.45) is 2.32. The lowest BCUT2D eigenvalue weighted by atomic mass is 10.2. The van der Waals surface area contributed by atoms with E-state index >= 15 is 0 Å². The predicted octanol–water partition coefficient (Wildman–Crippen LogP) is 2.59. The summed E-state index contributed by atoms with van der Waals surface area (Å²) in [5.41, 5.74) is 2.24. The van der Waals surface area contributed by atoms with Gasteiger partial charge in [-0.25, -0.2) is 0 Å². The number of amides is 1. The number of rotatable bonds is 7. The van der Waals surface area contributed by atoms with Crippen LogP contribution in [0.2, 0.25) is 0 Å². The molecular weight excluding hydrogens is 252 g/mol. The molecule has 4 nitrogen and oxygen atoms in total. The zero-order chi connectivity index (χ0) is 14.4. The first-order chi connectivity index (χ1) is 9.65. The molecule has 0 aliphatic rings. The van der Waals surface area contributed by atoms with Gasteiger partial charge in [-0.1, -0.05) is 18.2 Å². The summed E-state index contributed by atoms with van der Waals surface area (Å²) in [5, 5.41) is 4.07. The lowest BCUT2D eigenvalue weighted by Crippen LogP contribution is -2.25. The molecular formula is C16H20N2O2. The molecule has 4 heteroatoms. The van der Waals surface area contributed by atoms with Gasteiger partial charge in [0.2, 0.25) is 5.91 Å². The van der Waals surface area contributed by atoms with Gasteiger partial charge in [0.1, 0.15) is 5.78 Å². The first kappa shape index (κ1) is 14.3. The fourth-order valence-electron chi connectivity index (χ4n) is 2.19. The number of ketones is 1. The number of carbonyl (C=O) groups excluding carboxylic acids is 2. The Hall–Kier alpha value is -2.10. The normalized spacial score (nSPS) is 10.7. The number of fused-ring (bicyclic) bond motifs is 1. The van der Waals surface area contributed by atoms with Crippen LogP contribution >= 0.6 is 0 Å². The Morgan fingerprint density at radius 1 is 1.20 bits per heavy atom. The van der Waals surface area contributed by atoms with Gasteiger partial charge < -0.3 is 15.1 Å². The Morgan fingerprint density at radius 2 is 2.00 bits per heavy atom. The quantitative estimate of drug-likeness (QED) is 0.813. The van der Waals surface area contributed by atoms with Crippen molar-refractivity contribution in [2.24, 2.45) is 0 Å². The Labute approximate surface area is 118 Å². The number of hydrogen-bond acceptors (Lipinski definition) is 2. The molecule has 2 N–H and O–H groups in total. The highest BCUT2D eigenvalue weighted by molar-refractivity contribution is 5.80. The van der Waals surface area contributed by atoms with E-state index in [-0.39, 0.29) is 11.7 Å².